The van der Waals surface area contributed by atoms with Crippen LogP contribution in [-0.4, -0.2) is 56.1 Å². The van der Waals surface area contributed by atoms with Crippen molar-refractivity contribution in [2.45, 2.75) is 51.6 Å². The van der Waals surface area contributed by atoms with Crippen LogP contribution in [0.15, 0.2) is 42.7 Å². The molecule has 1 amide bonds. The molecule has 1 atom stereocenters. The van der Waals surface area contributed by atoms with Crippen molar-refractivity contribution in [3.05, 3.63) is 70.8 Å². The summed E-state index contributed by atoms with van der Waals surface area (Å²) in [6.45, 7) is 4.38. The lowest BCUT2D eigenvalue weighted by Gasteiger charge is -2.34. The maximum absolute atomic E-state index is 13.5. The predicted octanol–water partition coefficient (Wildman–Crippen LogP) is 3.49. The van der Waals surface area contributed by atoms with Crippen LogP contribution in [0.25, 0.3) is 0 Å². The molecule has 9 nitrogen and oxygen atoms in total. The fourth-order valence-electron chi connectivity index (χ4n) is 5.01. The average molecular weight is 490 g/mol. The number of pyridine rings is 2. The Morgan fingerprint density at radius 1 is 1.22 bits per heavy atom. The van der Waals surface area contributed by atoms with Crippen LogP contribution >= 0.6 is 0 Å². The smallest absolute Gasteiger partial charge is 0.305 e. The summed E-state index contributed by atoms with van der Waals surface area (Å²) < 4.78 is 7.38. The number of aliphatic carboxylic acids is 1. The molecule has 0 spiro atoms. The number of nitrogens with one attached hydrogen (secondary N) is 1. The van der Waals surface area contributed by atoms with E-state index < -0.39 is 12.0 Å². The number of rotatable bonds is 9. The Balaban J connectivity index is 1.31. The first kappa shape index (κ1) is 23.8. The lowest BCUT2D eigenvalue weighted by molar-refractivity contribution is -0.138. The molecule has 9 heteroatoms. The Bertz CT molecular complexity index is 1250. The summed E-state index contributed by atoms with van der Waals surface area (Å²) in [6.07, 6.45) is 7.22. The second kappa shape index (κ2) is 10.4. The van der Waals surface area contributed by atoms with Crippen LogP contribution in [0.2, 0.25) is 0 Å². The van der Waals surface area contributed by atoms with Gasteiger partial charge in [-0.1, -0.05) is 12.1 Å². The number of aryl methyl sites for hydroxylation is 3. The van der Waals surface area contributed by atoms with E-state index in [2.05, 4.69) is 22.4 Å². The molecule has 5 heterocycles. The van der Waals surface area contributed by atoms with Crippen molar-refractivity contribution in [3.63, 3.8) is 0 Å². The Hall–Kier alpha value is -3.88. The van der Waals surface area contributed by atoms with Gasteiger partial charge in [0.25, 0.3) is 5.91 Å². The maximum atomic E-state index is 13.5. The third kappa shape index (κ3) is 5.05. The van der Waals surface area contributed by atoms with E-state index in [9.17, 15) is 14.7 Å². The zero-order valence-electron chi connectivity index (χ0n) is 20.4. The molecule has 2 aliphatic rings. The third-order valence-electron chi connectivity index (χ3n) is 6.82. The summed E-state index contributed by atoms with van der Waals surface area (Å²) in [5.41, 5.74) is 4.65. The van der Waals surface area contributed by atoms with Crippen LogP contribution in [0.5, 0.6) is 5.88 Å². The van der Waals surface area contributed by atoms with Crippen LogP contribution in [0.4, 0.5) is 5.82 Å². The number of aromatic nitrogens is 3. The van der Waals surface area contributed by atoms with E-state index in [0.29, 0.717) is 36.8 Å². The van der Waals surface area contributed by atoms with Gasteiger partial charge in [-0.3, -0.25) is 9.59 Å². The number of carbonyl (C=O) groups is 2. The molecule has 3 aromatic heterocycles. The fourth-order valence-corrected chi connectivity index (χ4v) is 5.01. The van der Waals surface area contributed by atoms with Crippen molar-refractivity contribution in [2.24, 2.45) is 0 Å². The van der Waals surface area contributed by atoms with Crippen molar-refractivity contribution in [1.82, 2.24) is 19.4 Å². The molecule has 3 aromatic rings. The number of nitrogens with zero attached hydrogens (tertiary/aromatic N) is 4. The van der Waals surface area contributed by atoms with Gasteiger partial charge in [-0.25, -0.2) is 9.97 Å². The highest BCUT2D eigenvalue weighted by Gasteiger charge is 2.33. The van der Waals surface area contributed by atoms with E-state index >= 15 is 0 Å². The van der Waals surface area contributed by atoms with E-state index in [1.165, 1.54) is 5.56 Å². The summed E-state index contributed by atoms with van der Waals surface area (Å²) in [5.74, 6) is 0.344. The summed E-state index contributed by atoms with van der Waals surface area (Å²) >= 11 is 0. The number of carboxylic acid groups (broad SMARTS) is 1. The molecule has 0 aromatic carbocycles. The minimum atomic E-state index is -0.963. The van der Waals surface area contributed by atoms with Gasteiger partial charge >= 0.3 is 5.97 Å². The zero-order valence-corrected chi connectivity index (χ0v) is 20.4. The molecule has 188 valence electrons. The summed E-state index contributed by atoms with van der Waals surface area (Å²) in [6, 6.07) is 9.09. The molecule has 0 radical (unpaired) electrons. The van der Waals surface area contributed by atoms with Gasteiger partial charge in [0.2, 0.25) is 5.88 Å². The number of hydrogen-bond acceptors (Lipinski definition) is 6. The molecular weight excluding hydrogens is 458 g/mol. The van der Waals surface area contributed by atoms with Gasteiger partial charge < -0.3 is 24.6 Å². The summed E-state index contributed by atoms with van der Waals surface area (Å²) in [4.78, 5) is 35.8. The number of carbonyl (C=O) groups excluding carboxylic acids is 1. The number of carboxylic acids is 1. The van der Waals surface area contributed by atoms with E-state index in [-0.39, 0.29) is 12.3 Å². The molecule has 5 rings (SSSR count). The Morgan fingerprint density at radius 2 is 2.11 bits per heavy atom. The first-order valence-corrected chi connectivity index (χ1v) is 12.5. The van der Waals surface area contributed by atoms with Gasteiger partial charge in [0, 0.05) is 43.8 Å². The molecule has 36 heavy (non-hydrogen) atoms. The SMILES string of the molecule is CCOc1ccc(C(CC(=O)O)N2CCn3cc(CCc4ccc5c(n4)NCCC5)cc3C2=O)cn1. The first-order chi connectivity index (χ1) is 17.5. The normalized spacial score (nSPS) is 15.6. The van der Waals surface area contributed by atoms with Crippen LogP contribution in [0.3, 0.4) is 0 Å². The number of fused-ring (bicyclic) bond motifs is 2. The van der Waals surface area contributed by atoms with Gasteiger partial charge in [-0.2, -0.15) is 0 Å². The highest BCUT2D eigenvalue weighted by atomic mass is 16.5. The largest absolute Gasteiger partial charge is 0.481 e. The molecule has 0 saturated heterocycles. The highest BCUT2D eigenvalue weighted by Crippen LogP contribution is 2.30. The molecule has 1 unspecified atom stereocenters. The minimum Gasteiger partial charge on any atom is -0.481 e. The Labute approximate surface area is 210 Å². The van der Waals surface area contributed by atoms with Gasteiger partial charge in [-0.15, -0.1) is 0 Å². The Kier molecular flexibility index (Phi) is 6.88. The van der Waals surface area contributed by atoms with Gasteiger partial charge in [0.1, 0.15) is 11.5 Å². The van der Waals surface area contributed by atoms with Crippen molar-refractivity contribution in [2.75, 3.05) is 25.0 Å². The van der Waals surface area contributed by atoms with E-state index in [1.807, 2.05) is 23.8 Å². The summed E-state index contributed by atoms with van der Waals surface area (Å²) in [7, 11) is 0. The first-order valence-electron chi connectivity index (χ1n) is 12.5. The van der Waals surface area contributed by atoms with Gasteiger partial charge in [0.15, 0.2) is 0 Å². The van der Waals surface area contributed by atoms with Crippen LogP contribution < -0.4 is 10.1 Å². The van der Waals surface area contributed by atoms with E-state index in [1.54, 1.807) is 23.2 Å². The number of hydrogen-bond donors (Lipinski definition) is 2. The van der Waals surface area contributed by atoms with Crippen LogP contribution in [-0.2, 0) is 30.6 Å². The topological polar surface area (TPSA) is 110 Å². The molecule has 0 fully saturated rings. The van der Waals surface area contributed by atoms with E-state index in [4.69, 9.17) is 9.72 Å². The standard InChI is InChI=1S/C27H31N5O4/c1-2-36-24-10-7-20(16-29-24)22(15-25(33)34)32-13-12-31-17-18(14-23(31)27(32)35)5-8-21-9-6-19-4-3-11-28-26(19)30-21/h6-7,9-10,14,16-17,22H,2-5,8,11-13,15H2,1H3,(H,28,30)(H,33,34). The zero-order chi connectivity index (χ0) is 25.1. The maximum Gasteiger partial charge on any atom is 0.305 e. The Morgan fingerprint density at radius 3 is 2.89 bits per heavy atom. The fraction of sp³-hybridized carbons (Fsp3) is 0.407. The monoisotopic (exact) mass is 489 g/mol. The molecule has 0 aliphatic carbocycles. The molecule has 2 N–H and O–H groups in total. The molecule has 0 saturated carbocycles. The highest BCUT2D eigenvalue weighted by molar-refractivity contribution is 5.94. The van der Waals surface area contributed by atoms with Gasteiger partial charge in [0.05, 0.1) is 19.1 Å². The average Bonchev–Trinajstić information content (AvgIpc) is 3.31. The number of anilines is 1. The van der Waals surface area contributed by atoms with Crippen LogP contribution in [0, 0.1) is 0 Å². The van der Waals surface area contributed by atoms with Crippen LogP contribution in [0.1, 0.15) is 58.7 Å². The van der Waals surface area contributed by atoms with Crippen molar-refractivity contribution >= 4 is 17.7 Å². The lowest BCUT2D eigenvalue weighted by Crippen LogP contribution is -2.43. The lowest BCUT2D eigenvalue weighted by atomic mass is 10.0. The van der Waals surface area contributed by atoms with Gasteiger partial charge in [-0.05, 0) is 61.4 Å². The quantitative estimate of drug-likeness (QED) is 0.473. The second-order valence-electron chi connectivity index (χ2n) is 9.24. The van der Waals surface area contributed by atoms with E-state index in [0.717, 1.165) is 49.3 Å². The molecule has 2 aliphatic heterocycles. The number of ether oxygens (including phenoxy) is 1. The number of amides is 1. The minimum absolute atomic E-state index is 0.163. The molecular formula is C27H31N5O4. The predicted molar refractivity (Wildman–Crippen MR) is 134 cm³/mol. The van der Waals surface area contributed by atoms with Crippen molar-refractivity contribution < 1.29 is 19.4 Å². The van der Waals surface area contributed by atoms with Crippen molar-refractivity contribution in [3.8, 4) is 5.88 Å². The second-order valence-corrected chi connectivity index (χ2v) is 9.24. The molecule has 0 bridgehead atoms. The van der Waals surface area contributed by atoms with Crippen molar-refractivity contribution in [1.29, 1.82) is 0 Å². The third-order valence-corrected chi connectivity index (χ3v) is 6.82. The summed E-state index contributed by atoms with van der Waals surface area (Å²) in [5, 5.41) is 12.9.